The number of nitrogens with two attached hydrogens (primary N) is 1. The van der Waals surface area contributed by atoms with Gasteiger partial charge in [-0.15, -0.1) is 0 Å². The average Bonchev–Trinajstić information content (AvgIpc) is 2.84. The van der Waals surface area contributed by atoms with Gasteiger partial charge >= 0.3 is 0 Å². The molecule has 3 aromatic heterocycles. The van der Waals surface area contributed by atoms with Crippen LogP contribution in [0.4, 0.5) is 17.3 Å². The largest absolute Gasteiger partial charge is 0.396 e. The summed E-state index contributed by atoms with van der Waals surface area (Å²) in [7, 11) is 0. The predicted octanol–water partition coefficient (Wildman–Crippen LogP) is 3.72. The van der Waals surface area contributed by atoms with Crippen LogP contribution in [0.15, 0.2) is 67.0 Å². The van der Waals surface area contributed by atoms with E-state index in [-0.39, 0.29) is 0 Å². The highest BCUT2D eigenvalue weighted by Crippen LogP contribution is 2.25. The molecule has 4 heterocycles. The van der Waals surface area contributed by atoms with Crippen molar-refractivity contribution in [2.45, 2.75) is 6.54 Å². The Morgan fingerprint density at radius 1 is 1.00 bits per heavy atom. The Labute approximate surface area is 180 Å². The second-order valence-electron chi connectivity index (χ2n) is 7.52. The van der Waals surface area contributed by atoms with Gasteiger partial charge in [0.1, 0.15) is 11.6 Å². The van der Waals surface area contributed by atoms with Crippen molar-refractivity contribution in [1.82, 2.24) is 15.0 Å². The van der Waals surface area contributed by atoms with Crippen LogP contribution in [0.1, 0.15) is 5.56 Å². The van der Waals surface area contributed by atoms with Crippen molar-refractivity contribution in [1.29, 1.82) is 0 Å². The summed E-state index contributed by atoms with van der Waals surface area (Å²) in [5.74, 6) is 1.63. The number of nitrogens with zero attached hydrogens (tertiary/aromatic N) is 4. The summed E-state index contributed by atoms with van der Waals surface area (Å²) in [5.41, 5.74) is 10.7. The van der Waals surface area contributed by atoms with Gasteiger partial charge in [0.05, 0.1) is 30.1 Å². The number of rotatable bonds is 5. The topological polar surface area (TPSA) is 89.2 Å². The van der Waals surface area contributed by atoms with Gasteiger partial charge < -0.3 is 20.7 Å². The van der Waals surface area contributed by atoms with Crippen molar-refractivity contribution in [2.24, 2.45) is 0 Å². The Hall–Kier alpha value is -3.71. The molecule has 3 N–H and O–H groups in total. The van der Waals surface area contributed by atoms with E-state index in [4.69, 9.17) is 15.5 Å². The van der Waals surface area contributed by atoms with Crippen LogP contribution in [0.2, 0.25) is 0 Å². The SMILES string of the molecule is Nc1ccc(-c2ccc(N3CCOCC3)nc2)nc1NCc1ccc2ncccc2c1. The van der Waals surface area contributed by atoms with E-state index >= 15 is 0 Å². The molecule has 0 bridgehead atoms. The molecule has 1 aromatic carbocycles. The Morgan fingerprint density at radius 3 is 2.74 bits per heavy atom. The smallest absolute Gasteiger partial charge is 0.150 e. The monoisotopic (exact) mass is 412 g/mol. The maximum absolute atomic E-state index is 6.17. The first-order chi connectivity index (χ1) is 15.3. The molecule has 0 radical (unpaired) electrons. The Morgan fingerprint density at radius 2 is 1.90 bits per heavy atom. The molecule has 0 unspecified atom stereocenters. The Kier molecular flexibility index (Phi) is 5.33. The molecule has 31 heavy (non-hydrogen) atoms. The van der Waals surface area contributed by atoms with Crippen molar-refractivity contribution < 1.29 is 4.74 Å². The first-order valence-electron chi connectivity index (χ1n) is 10.4. The number of fused-ring (bicyclic) bond motifs is 1. The fraction of sp³-hybridized carbons (Fsp3) is 0.208. The quantitative estimate of drug-likeness (QED) is 0.516. The first-order valence-corrected chi connectivity index (χ1v) is 10.4. The average molecular weight is 412 g/mol. The van der Waals surface area contributed by atoms with Gasteiger partial charge in [-0.2, -0.15) is 0 Å². The van der Waals surface area contributed by atoms with E-state index < -0.39 is 0 Å². The highest BCUT2D eigenvalue weighted by molar-refractivity contribution is 5.79. The summed E-state index contributed by atoms with van der Waals surface area (Å²) in [4.78, 5) is 16.0. The molecule has 7 heteroatoms. The van der Waals surface area contributed by atoms with Crippen LogP contribution in [0.25, 0.3) is 22.2 Å². The van der Waals surface area contributed by atoms with Crippen molar-refractivity contribution in [2.75, 3.05) is 42.3 Å². The lowest BCUT2D eigenvalue weighted by molar-refractivity contribution is 0.122. The molecule has 1 fully saturated rings. The maximum Gasteiger partial charge on any atom is 0.150 e. The lowest BCUT2D eigenvalue weighted by Crippen LogP contribution is -2.36. The minimum atomic E-state index is 0.615. The third-order valence-electron chi connectivity index (χ3n) is 5.43. The zero-order valence-electron chi connectivity index (χ0n) is 17.2. The van der Waals surface area contributed by atoms with Crippen LogP contribution < -0.4 is 16.0 Å². The molecule has 0 atom stereocenters. The summed E-state index contributed by atoms with van der Waals surface area (Å²) in [6.07, 6.45) is 3.67. The van der Waals surface area contributed by atoms with Crippen LogP contribution in [0.5, 0.6) is 0 Å². The zero-order valence-corrected chi connectivity index (χ0v) is 17.2. The fourth-order valence-corrected chi connectivity index (χ4v) is 3.71. The third kappa shape index (κ3) is 4.27. The number of anilines is 3. The van der Waals surface area contributed by atoms with Crippen molar-refractivity contribution in [3.8, 4) is 11.3 Å². The number of hydrogen-bond donors (Lipinski definition) is 2. The van der Waals surface area contributed by atoms with Gasteiger partial charge in [0, 0.05) is 43.0 Å². The molecule has 0 aliphatic carbocycles. The molecular formula is C24H24N6O. The second-order valence-corrected chi connectivity index (χ2v) is 7.52. The minimum Gasteiger partial charge on any atom is -0.396 e. The number of morpholine rings is 1. The summed E-state index contributed by atoms with van der Waals surface area (Å²) in [6, 6.07) is 18.1. The van der Waals surface area contributed by atoms with E-state index in [2.05, 4.69) is 44.5 Å². The van der Waals surface area contributed by atoms with Gasteiger partial charge in [-0.25, -0.2) is 9.97 Å². The summed E-state index contributed by atoms with van der Waals surface area (Å²) < 4.78 is 5.41. The van der Waals surface area contributed by atoms with Crippen LogP contribution in [0, 0.1) is 0 Å². The lowest BCUT2D eigenvalue weighted by Gasteiger charge is -2.27. The third-order valence-corrected chi connectivity index (χ3v) is 5.43. The van der Waals surface area contributed by atoms with E-state index in [9.17, 15) is 0 Å². The van der Waals surface area contributed by atoms with E-state index in [1.165, 1.54) is 0 Å². The minimum absolute atomic E-state index is 0.615. The van der Waals surface area contributed by atoms with E-state index in [0.29, 0.717) is 18.1 Å². The van der Waals surface area contributed by atoms with Gasteiger partial charge in [0.15, 0.2) is 0 Å². The molecular weight excluding hydrogens is 388 g/mol. The molecule has 1 aliphatic heterocycles. The highest BCUT2D eigenvalue weighted by Gasteiger charge is 2.13. The van der Waals surface area contributed by atoms with Crippen LogP contribution >= 0.6 is 0 Å². The highest BCUT2D eigenvalue weighted by atomic mass is 16.5. The molecule has 0 amide bonds. The standard InChI is InChI=1S/C24H24N6O/c25-20-5-7-22(19-4-8-23(27-16-19)30-10-12-31-13-11-30)29-24(20)28-15-17-3-6-21-18(14-17)2-1-9-26-21/h1-9,14,16H,10-13,15,25H2,(H,28,29). The van der Waals surface area contributed by atoms with Gasteiger partial charge in [0.2, 0.25) is 0 Å². The fourth-order valence-electron chi connectivity index (χ4n) is 3.71. The van der Waals surface area contributed by atoms with Gasteiger partial charge in [0.25, 0.3) is 0 Å². The van der Waals surface area contributed by atoms with Crippen LogP contribution in [-0.2, 0) is 11.3 Å². The van der Waals surface area contributed by atoms with Crippen molar-refractivity contribution in [3.63, 3.8) is 0 Å². The van der Waals surface area contributed by atoms with Gasteiger partial charge in [-0.05, 0) is 48.0 Å². The number of aromatic nitrogens is 3. The maximum atomic E-state index is 6.17. The second kappa shape index (κ2) is 8.57. The molecule has 4 aromatic rings. The van der Waals surface area contributed by atoms with Crippen LogP contribution in [-0.4, -0.2) is 41.3 Å². The lowest BCUT2D eigenvalue weighted by atomic mass is 10.1. The zero-order chi connectivity index (χ0) is 21.0. The molecule has 1 saturated heterocycles. The van der Waals surface area contributed by atoms with Crippen LogP contribution in [0.3, 0.4) is 0 Å². The molecule has 156 valence electrons. The molecule has 0 spiro atoms. The number of nitrogens with one attached hydrogen (secondary N) is 1. The summed E-state index contributed by atoms with van der Waals surface area (Å²) in [5, 5.41) is 4.48. The Balaban J connectivity index is 1.32. The number of nitrogen functional groups attached to an aromatic ring is 1. The van der Waals surface area contributed by atoms with E-state index in [1.807, 2.05) is 36.5 Å². The summed E-state index contributed by atoms with van der Waals surface area (Å²) >= 11 is 0. The molecule has 5 rings (SSSR count). The summed E-state index contributed by atoms with van der Waals surface area (Å²) in [6.45, 7) is 3.84. The van der Waals surface area contributed by atoms with Crippen molar-refractivity contribution in [3.05, 3.63) is 72.6 Å². The first kappa shape index (κ1) is 19.3. The van der Waals surface area contributed by atoms with Gasteiger partial charge in [-0.1, -0.05) is 12.1 Å². The van der Waals surface area contributed by atoms with E-state index in [0.717, 1.165) is 59.8 Å². The Bertz CT molecular complexity index is 1190. The molecule has 7 nitrogen and oxygen atoms in total. The van der Waals surface area contributed by atoms with E-state index in [1.54, 1.807) is 6.20 Å². The van der Waals surface area contributed by atoms with Gasteiger partial charge in [-0.3, -0.25) is 4.98 Å². The molecule has 1 aliphatic rings. The molecule has 0 saturated carbocycles. The normalized spacial score (nSPS) is 14.0. The predicted molar refractivity (Wildman–Crippen MR) is 124 cm³/mol. The number of pyridine rings is 3. The van der Waals surface area contributed by atoms with Crippen molar-refractivity contribution >= 4 is 28.2 Å². The number of benzene rings is 1. The number of hydrogen-bond acceptors (Lipinski definition) is 7. The number of ether oxygens (including phenoxy) is 1.